The van der Waals surface area contributed by atoms with Crippen LogP contribution >= 0.6 is 35.8 Å². The molecule has 1 aliphatic heterocycles. The van der Waals surface area contributed by atoms with Crippen LogP contribution in [0, 0.1) is 0 Å². The zero-order valence-corrected chi connectivity index (χ0v) is 15.4. The fourth-order valence-electron chi connectivity index (χ4n) is 2.16. The number of carbonyl (C=O) groups excluding carboxylic acids is 1. The van der Waals surface area contributed by atoms with E-state index < -0.39 is 0 Å². The fourth-order valence-corrected chi connectivity index (χ4v) is 3.34. The van der Waals surface area contributed by atoms with Crippen LogP contribution < -0.4 is 15.4 Å². The minimum Gasteiger partial charge on any atom is -0.487 e. The van der Waals surface area contributed by atoms with Crippen molar-refractivity contribution in [1.29, 1.82) is 0 Å². The predicted octanol–water partition coefficient (Wildman–Crippen LogP) is 2.82. The smallest absolute Gasteiger partial charge is 0.226 e. The van der Waals surface area contributed by atoms with Gasteiger partial charge < -0.3 is 20.1 Å². The Morgan fingerprint density at radius 2 is 2.30 bits per heavy atom. The predicted molar refractivity (Wildman–Crippen MR) is 98.4 cm³/mol. The van der Waals surface area contributed by atoms with Crippen LogP contribution in [0.2, 0.25) is 5.02 Å². The van der Waals surface area contributed by atoms with Crippen molar-refractivity contribution in [2.45, 2.75) is 12.5 Å². The number of para-hydroxylation sites is 1. The second-order valence-corrected chi connectivity index (χ2v) is 6.49. The van der Waals surface area contributed by atoms with Crippen LogP contribution in [0.25, 0.3) is 0 Å². The molecular formula is C15H22Cl2N2O3S. The Bertz CT molecular complexity index is 500. The van der Waals surface area contributed by atoms with Crippen molar-refractivity contribution in [2.24, 2.45) is 0 Å². The summed E-state index contributed by atoms with van der Waals surface area (Å²) < 4.78 is 10.6. The molecule has 1 unspecified atom stereocenters. The van der Waals surface area contributed by atoms with Crippen molar-refractivity contribution in [3.8, 4) is 5.75 Å². The van der Waals surface area contributed by atoms with Gasteiger partial charge in [0.25, 0.3) is 0 Å². The second kappa shape index (κ2) is 11.0. The maximum absolute atomic E-state index is 12.2. The molecule has 0 radical (unpaired) electrons. The van der Waals surface area contributed by atoms with Gasteiger partial charge in [-0.05, 0) is 12.1 Å². The maximum Gasteiger partial charge on any atom is 0.226 e. The summed E-state index contributed by atoms with van der Waals surface area (Å²) in [5.41, 5.74) is 0.595. The third kappa shape index (κ3) is 6.77. The molecule has 1 atom stereocenters. The molecule has 130 valence electrons. The summed E-state index contributed by atoms with van der Waals surface area (Å²) in [5.74, 6) is 2.50. The Balaban J connectivity index is 0.00000264. The molecule has 2 N–H and O–H groups in total. The fraction of sp³-hybridized carbons (Fsp3) is 0.533. The molecular weight excluding hydrogens is 359 g/mol. The van der Waals surface area contributed by atoms with Crippen molar-refractivity contribution >= 4 is 47.4 Å². The van der Waals surface area contributed by atoms with Gasteiger partial charge in [0.1, 0.15) is 6.61 Å². The van der Waals surface area contributed by atoms with Crippen LogP contribution in [-0.4, -0.2) is 50.3 Å². The van der Waals surface area contributed by atoms with Crippen molar-refractivity contribution in [3.05, 3.63) is 23.2 Å². The number of ether oxygens (including phenoxy) is 2. The van der Waals surface area contributed by atoms with E-state index in [2.05, 4.69) is 10.6 Å². The lowest BCUT2D eigenvalue weighted by Gasteiger charge is -2.22. The molecule has 0 bridgehead atoms. The molecule has 1 heterocycles. The van der Waals surface area contributed by atoms with Gasteiger partial charge >= 0.3 is 0 Å². The first-order chi connectivity index (χ1) is 10.7. The van der Waals surface area contributed by atoms with E-state index in [1.807, 2.05) is 11.8 Å². The summed E-state index contributed by atoms with van der Waals surface area (Å²) in [6.45, 7) is 1.79. The van der Waals surface area contributed by atoms with Gasteiger partial charge in [-0.2, -0.15) is 11.8 Å². The lowest BCUT2D eigenvalue weighted by Crippen LogP contribution is -2.39. The third-order valence-corrected chi connectivity index (χ3v) is 4.63. The summed E-state index contributed by atoms with van der Waals surface area (Å²) in [6, 6.07) is 5.53. The maximum atomic E-state index is 12.2. The number of benzene rings is 1. The minimum atomic E-state index is -0.0427. The highest BCUT2D eigenvalue weighted by molar-refractivity contribution is 7.99. The highest BCUT2D eigenvalue weighted by Gasteiger charge is 2.18. The Kier molecular flexibility index (Phi) is 9.74. The van der Waals surface area contributed by atoms with Gasteiger partial charge in [-0.25, -0.2) is 0 Å². The average Bonchev–Trinajstić information content (AvgIpc) is 2.51. The van der Waals surface area contributed by atoms with E-state index in [4.69, 9.17) is 21.1 Å². The number of hydrogen-bond acceptors (Lipinski definition) is 5. The van der Waals surface area contributed by atoms with E-state index in [-0.39, 0.29) is 24.4 Å². The van der Waals surface area contributed by atoms with Crippen LogP contribution in [0.3, 0.4) is 0 Å². The molecule has 1 fully saturated rings. The lowest BCUT2D eigenvalue weighted by atomic mass is 10.2. The van der Waals surface area contributed by atoms with Crippen molar-refractivity contribution < 1.29 is 14.3 Å². The highest BCUT2D eigenvalue weighted by atomic mass is 35.5. The molecule has 0 aromatic heterocycles. The molecule has 0 spiro atoms. The summed E-state index contributed by atoms with van der Waals surface area (Å²) in [4.78, 5) is 12.2. The zero-order valence-electron chi connectivity index (χ0n) is 13.0. The first-order valence-corrected chi connectivity index (χ1v) is 8.75. The van der Waals surface area contributed by atoms with Crippen LogP contribution in [0.5, 0.6) is 5.75 Å². The Hall–Kier alpha value is -0.660. The van der Waals surface area contributed by atoms with Gasteiger partial charge in [0.05, 0.1) is 17.3 Å². The number of anilines is 1. The summed E-state index contributed by atoms with van der Waals surface area (Å²) >= 11 is 8.02. The van der Waals surface area contributed by atoms with Gasteiger partial charge in [0.2, 0.25) is 5.91 Å². The Morgan fingerprint density at radius 1 is 1.48 bits per heavy atom. The molecule has 1 aromatic carbocycles. The first kappa shape index (κ1) is 20.4. The second-order valence-electron chi connectivity index (χ2n) is 4.94. The molecule has 0 saturated carbocycles. The minimum absolute atomic E-state index is 0. The topological polar surface area (TPSA) is 59.6 Å². The Labute approximate surface area is 152 Å². The molecule has 1 aromatic rings. The van der Waals surface area contributed by atoms with Gasteiger partial charge in [-0.1, -0.05) is 17.7 Å². The van der Waals surface area contributed by atoms with E-state index in [1.165, 1.54) is 0 Å². The number of halogens is 2. The number of rotatable bonds is 7. The van der Waals surface area contributed by atoms with E-state index in [1.54, 1.807) is 25.3 Å². The molecule has 8 heteroatoms. The van der Waals surface area contributed by atoms with Crippen LogP contribution in [0.4, 0.5) is 5.69 Å². The third-order valence-electron chi connectivity index (χ3n) is 3.21. The van der Waals surface area contributed by atoms with E-state index in [9.17, 15) is 4.79 Å². The van der Waals surface area contributed by atoms with Crippen LogP contribution in [0.15, 0.2) is 18.2 Å². The van der Waals surface area contributed by atoms with E-state index >= 15 is 0 Å². The van der Waals surface area contributed by atoms with Gasteiger partial charge in [0, 0.05) is 37.6 Å². The van der Waals surface area contributed by atoms with E-state index in [0.717, 1.165) is 18.1 Å². The standard InChI is InChI=1S/C15H21ClN2O3S.ClH/c1-20-6-7-21-15-12(16)3-2-4-13(15)18-14(19)9-11-10-22-8-5-17-11;/h2-4,11,17H,5-10H2,1H3,(H,18,19);1H. The number of hydrogen-bond donors (Lipinski definition) is 2. The molecule has 5 nitrogen and oxygen atoms in total. The SMILES string of the molecule is COCCOc1c(Cl)cccc1NC(=O)CC1CSCCN1.Cl. The van der Waals surface area contributed by atoms with Crippen molar-refractivity contribution in [1.82, 2.24) is 5.32 Å². The lowest BCUT2D eigenvalue weighted by molar-refractivity contribution is -0.116. The number of nitrogens with one attached hydrogen (secondary N) is 2. The monoisotopic (exact) mass is 380 g/mol. The number of amides is 1. The highest BCUT2D eigenvalue weighted by Crippen LogP contribution is 2.33. The molecule has 1 saturated heterocycles. The molecule has 23 heavy (non-hydrogen) atoms. The van der Waals surface area contributed by atoms with Crippen LogP contribution in [0.1, 0.15) is 6.42 Å². The van der Waals surface area contributed by atoms with Gasteiger partial charge in [0.15, 0.2) is 5.75 Å². The molecule has 1 aliphatic rings. The first-order valence-electron chi connectivity index (χ1n) is 7.22. The normalized spacial score (nSPS) is 17.2. The average molecular weight is 381 g/mol. The summed E-state index contributed by atoms with van der Waals surface area (Å²) in [6.07, 6.45) is 0.441. The van der Waals surface area contributed by atoms with E-state index in [0.29, 0.717) is 36.1 Å². The Morgan fingerprint density at radius 3 is 3.00 bits per heavy atom. The molecule has 1 amide bonds. The van der Waals surface area contributed by atoms with Crippen molar-refractivity contribution in [3.63, 3.8) is 0 Å². The largest absolute Gasteiger partial charge is 0.487 e. The number of carbonyl (C=O) groups is 1. The molecule has 2 rings (SSSR count). The number of methoxy groups -OCH3 is 1. The van der Waals surface area contributed by atoms with Gasteiger partial charge in [-0.15, -0.1) is 12.4 Å². The van der Waals surface area contributed by atoms with Gasteiger partial charge in [-0.3, -0.25) is 4.79 Å². The summed E-state index contributed by atoms with van der Waals surface area (Å²) in [5, 5.41) is 6.71. The zero-order chi connectivity index (χ0) is 15.8. The number of thioether (sulfide) groups is 1. The quantitative estimate of drug-likeness (QED) is 0.712. The van der Waals surface area contributed by atoms with Crippen molar-refractivity contribution in [2.75, 3.05) is 43.7 Å². The summed E-state index contributed by atoms with van der Waals surface area (Å²) in [7, 11) is 1.60. The molecule has 0 aliphatic carbocycles. The van der Waals surface area contributed by atoms with Crippen LogP contribution in [-0.2, 0) is 9.53 Å².